The van der Waals surface area contributed by atoms with E-state index in [0.29, 0.717) is 31.3 Å². The molecule has 0 aromatic rings. The van der Waals surface area contributed by atoms with Crippen LogP contribution in [0.25, 0.3) is 0 Å². The molecular formula is C32H44O5. The fraction of sp³-hybridized carbons (Fsp3) is 0.594. The monoisotopic (exact) mass is 508 g/mol. The van der Waals surface area contributed by atoms with Crippen molar-refractivity contribution in [3.05, 3.63) is 60.3 Å². The Balaban J connectivity index is 1.75. The first-order valence-electron chi connectivity index (χ1n) is 13.7. The molecule has 0 aliphatic carbocycles. The SMILES string of the molecule is C=C1C[C@H](C)C[C@@H]2CC=C[C@@H](CC#CC(=O)O[C@H]([C@H](/C=C/[C@@H]3CC(C)=CCO3)OC)C/C=C/[C@@H](C)C1)O2. The molecule has 0 saturated carbocycles. The Labute approximate surface area is 223 Å². The lowest BCUT2D eigenvalue weighted by atomic mass is 9.90. The molecule has 0 unspecified atom stereocenters. The highest BCUT2D eigenvalue weighted by atomic mass is 16.6. The average molecular weight is 509 g/mol. The topological polar surface area (TPSA) is 54.0 Å². The van der Waals surface area contributed by atoms with Crippen molar-refractivity contribution in [1.29, 1.82) is 0 Å². The molecule has 3 aliphatic heterocycles. The fourth-order valence-corrected chi connectivity index (χ4v) is 5.20. The van der Waals surface area contributed by atoms with Crippen LogP contribution in [-0.4, -0.2) is 50.2 Å². The van der Waals surface area contributed by atoms with E-state index < -0.39 is 18.2 Å². The molecule has 37 heavy (non-hydrogen) atoms. The predicted molar refractivity (Wildman–Crippen MR) is 148 cm³/mol. The van der Waals surface area contributed by atoms with Crippen molar-refractivity contribution in [2.45, 2.75) is 96.2 Å². The third kappa shape index (κ3) is 10.5. The van der Waals surface area contributed by atoms with E-state index in [1.807, 2.05) is 18.2 Å². The Morgan fingerprint density at radius 3 is 2.76 bits per heavy atom. The number of carbonyl (C=O) groups is 1. The maximum Gasteiger partial charge on any atom is 0.384 e. The summed E-state index contributed by atoms with van der Waals surface area (Å²) in [6.07, 6.45) is 19.4. The number of ether oxygens (including phenoxy) is 4. The van der Waals surface area contributed by atoms with Crippen LogP contribution in [0.1, 0.15) is 65.7 Å². The normalized spacial score (nSPS) is 33.9. The summed E-state index contributed by atoms with van der Waals surface area (Å²) in [6.45, 7) is 11.5. The van der Waals surface area contributed by atoms with E-state index in [9.17, 15) is 4.79 Å². The van der Waals surface area contributed by atoms with Crippen molar-refractivity contribution < 1.29 is 23.7 Å². The maximum atomic E-state index is 12.7. The summed E-state index contributed by atoms with van der Waals surface area (Å²) in [7, 11) is 1.63. The number of methoxy groups -OCH3 is 1. The van der Waals surface area contributed by atoms with Crippen LogP contribution in [-0.2, 0) is 23.7 Å². The van der Waals surface area contributed by atoms with Gasteiger partial charge in [0.1, 0.15) is 12.2 Å². The van der Waals surface area contributed by atoms with Gasteiger partial charge in [0.05, 0.1) is 24.9 Å². The number of esters is 1. The highest BCUT2D eigenvalue weighted by molar-refractivity contribution is 5.88. The van der Waals surface area contributed by atoms with Crippen molar-refractivity contribution in [3.63, 3.8) is 0 Å². The van der Waals surface area contributed by atoms with Crippen LogP contribution in [0.15, 0.2) is 60.3 Å². The summed E-state index contributed by atoms with van der Waals surface area (Å²) >= 11 is 0. The fourth-order valence-electron chi connectivity index (χ4n) is 5.20. The van der Waals surface area contributed by atoms with E-state index in [1.165, 1.54) is 11.1 Å². The molecule has 5 heteroatoms. The van der Waals surface area contributed by atoms with Crippen LogP contribution in [0.4, 0.5) is 0 Å². The highest BCUT2D eigenvalue weighted by Crippen LogP contribution is 2.26. The molecular weight excluding hydrogens is 464 g/mol. The molecule has 0 saturated heterocycles. The van der Waals surface area contributed by atoms with Gasteiger partial charge in [-0.15, -0.1) is 0 Å². The first-order chi connectivity index (χ1) is 17.8. The summed E-state index contributed by atoms with van der Waals surface area (Å²) in [6, 6.07) is 0. The van der Waals surface area contributed by atoms with Gasteiger partial charge in [-0.2, -0.15) is 0 Å². The third-order valence-electron chi connectivity index (χ3n) is 7.03. The van der Waals surface area contributed by atoms with Crippen molar-refractivity contribution in [1.82, 2.24) is 0 Å². The number of cyclic esters (lactones) is 1. The lowest BCUT2D eigenvalue weighted by Crippen LogP contribution is -2.31. The molecule has 0 fully saturated rings. The highest BCUT2D eigenvalue weighted by Gasteiger charge is 2.24. The largest absolute Gasteiger partial charge is 0.449 e. The molecule has 5 nitrogen and oxygen atoms in total. The standard InChI is InChI=1S/C32H44O5/c1-23-9-6-13-31(30(34-5)16-15-28-21-24(2)17-18-35-28)37-32(33)14-8-11-27-10-7-12-29(36-27)22-26(4)20-25(3)19-23/h6-7,9-10,15-17,23,26-31H,3,11-13,18-22H2,1-2,4-5H3/b9-6+,16-15+/t23-,26+,27+,28-,29+,30+,31+/m1/s1. The van der Waals surface area contributed by atoms with E-state index in [2.05, 4.69) is 63.5 Å². The van der Waals surface area contributed by atoms with Crippen LogP contribution in [0.2, 0.25) is 0 Å². The molecule has 202 valence electrons. The van der Waals surface area contributed by atoms with Crippen molar-refractivity contribution in [3.8, 4) is 11.8 Å². The summed E-state index contributed by atoms with van der Waals surface area (Å²) in [4.78, 5) is 12.7. The molecule has 3 rings (SSSR count). The molecule has 7 atom stereocenters. The molecule has 3 heterocycles. The number of hydrogen-bond acceptors (Lipinski definition) is 5. The van der Waals surface area contributed by atoms with Gasteiger partial charge in [0, 0.05) is 25.9 Å². The second-order valence-electron chi connectivity index (χ2n) is 10.8. The van der Waals surface area contributed by atoms with Gasteiger partial charge >= 0.3 is 5.97 Å². The minimum absolute atomic E-state index is 0.00584. The lowest BCUT2D eigenvalue weighted by Gasteiger charge is -2.27. The Bertz CT molecular complexity index is 946. The molecule has 3 aliphatic rings. The average Bonchev–Trinajstić information content (AvgIpc) is 2.83. The van der Waals surface area contributed by atoms with Crippen LogP contribution in [0.3, 0.4) is 0 Å². The third-order valence-corrected chi connectivity index (χ3v) is 7.03. The van der Waals surface area contributed by atoms with E-state index in [4.69, 9.17) is 18.9 Å². The first kappa shape index (κ1) is 29.2. The molecule has 0 radical (unpaired) electrons. The molecule has 0 aromatic carbocycles. The summed E-state index contributed by atoms with van der Waals surface area (Å²) in [5.74, 6) is 5.93. The van der Waals surface area contributed by atoms with Crippen LogP contribution >= 0.6 is 0 Å². The molecule has 2 bridgehead atoms. The van der Waals surface area contributed by atoms with Crippen LogP contribution in [0, 0.1) is 23.7 Å². The Morgan fingerprint density at radius 1 is 1.16 bits per heavy atom. The number of allylic oxidation sites excluding steroid dienone is 2. The minimum Gasteiger partial charge on any atom is -0.449 e. The van der Waals surface area contributed by atoms with Crippen molar-refractivity contribution in [2.24, 2.45) is 11.8 Å². The van der Waals surface area contributed by atoms with Crippen molar-refractivity contribution in [2.75, 3.05) is 13.7 Å². The quantitative estimate of drug-likeness (QED) is 0.194. The number of fused-ring (bicyclic) bond motifs is 2. The van der Waals surface area contributed by atoms with Crippen LogP contribution in [0.5, 0.6) is 0 Å². The first-order valence-corrected chi connectivity index (χ1v) is 13.7. The smallest absolute Gasteiger partial charge is 0.384 e. The summed E-state index contributed by atoms with van der Waals surface area (Å²) in [5.41, 5.74) is 2.57. The maximum absolute atomic E-state index is 12.7. The second kappa shape index (κ2) is 15.1. The molecule has 0 spiro atoms. The van der Waals surface area contributed by atoms with E-state index in [-0.39, 0.29) is 18.3 Å². The number of carbonyl (C=O) groups excluding carboxylic acids is 1. The Kier molecular flexibility index (Phi) is 11.9. The van der Waals surface area contributed by atoms with Gasteiger partial charge in [-0.1, -0.05) is 80.0 Å². The van der Waals surface area contributed by atoms with Gasteiger partial charge < -0.3 is 18.9 Å². The minimum atomic E-state index is -0.547. The second-order valence-corrected chi connectivity index (χ2v) is 10.8. The zero-order chi connectivity index (χ0) is 26.6. The molecule has 0 amide bonds. The van der Waals surface area contributed by atoms with Gasteiger partial charge in [0.15, 0.2) is 0 Å². The molecule has 0 aromatic heterocycles. The van der Waals surface area contributed by atoms with Gasteiger partial charge in [-0.05, 0) is 50.9 Å². The Morgan fingerprint density at radius 2 is 1.97 bits per heavy atom. The zero-order valence-electron chi connectivity index (χ0n) is 23.0. The lowest BCUT2D eigenvalue weighted by molar-refractivity contribution is -0.146. The van der Waals surface area contributed by atoms with Gasteiger partial charge in [0.2, 0.25) is 0 Å². The number of hydrogen-bond donors (Lipinski definition) is 0. The predicted octanol–water partition coefficient (Wildman–Crippen LogP) is 6.27. The van der Waals surface area contributed by atoms with E-state index >= 15 is 0 Å². The molecule has 0 N–H and O–H groups in total. The van der Waals surface area contributed by atoms with Crippen LogP contribution < -0.4 is 0 Å². The van der Waals surface area contributed by atoms with Crippen molar-refractivity contribution >= 4 is 5.97 Å². The van der Waals surface area contributed by atoms with E-state index in [1.54, 1.807) is 7.11 Å². The number of rotatable bonds is 4. The summed E-state index contributed by atoms with van der Waals surface area (Å²) in [5, 5.41) is 0. The van der Waals surface area contributed by atoms with Gasteiger partial charge in [0.25, 0.3) is 0 Å². The zero-order valence-corrected chi connectivity index (χ0v) is 23.0. The Hall–Kier alpha value is -2.39. The van der Waals surface area contributed by atoms with E-state index in [0.717, 1.165) is 32.1 Å². The van der Waals surface area contributed by atoms with Gasteiger partial charge in [-0.25, -0.2) is 4.79 Å². The van der Waals surface area contributed by atoms with Gasteiger partial charge in [-0.3, -0.25) is 0 Å². The summed E-state index contributed by atoms with van der Waals surface area (Å²) < 4.78 is 23.6.